The molecule has 3 rings (SSSR count). The van der Waals surface area contributed by atoms with Gasteiger partial charge in [0.1, 0.15) is 0 Å². The normalized spacial score (nSPS) is 14.1. The first kappa shape index (κ1) is 15.1. The van der Waals surface area contributed by atoms with Crippen molar-refractivity contribution in [2.45, 2.75) is 13.5 Å². The van der Waals surface area contributed by atoms with Gasteiger partial charge in [-0.05, 0) is 29.3 Å². The predicted molar refractivity (Wildman–Crippen MR) is 95.8 cm³/mol. The Morgan fingerprint density at radius 2 is 1.95 bits per heavy atom. The minimum Gasteiger partial charge on any atom is -0.352 e. The fraction of sp³-hybridized carbons (Fsp3) is 0.312. The highest BCUT2D eigenvalue weighted by atomic mass is 127. The van der Waals surface area contributed by atoms with E-state index in [-0.39, 0.29) is 24.0 Å². The molecule has 2 aromatic carbocycles. The summed E-state index contributed by atoms with van der Waals surface area (Å²) in [5.41, 5.74) is 1.30. The molecule has 1 N–H and O–H groups in total. The molecule has 0 radical (unpaired) electrons. The molecule has 0 atom stereocenters. The Morgan fingerprint density at radius 3 is 2.75 bits per heavy atom. The minimum atomic E-state index is 0. The van der Waals surface area contributed by atoms with E-state index >= 15 is 0 Å². The number of aliphatic imine (C=N–C) groups is 1. The van der Waals surface area contributed by atoms with Crippen molar-refractivity contribution in [3.05, 3.63) is 48.0 Å². The lowest BCUT2D eigenvalue weighted by Crippen LogP contribution is -2.37. The van der Waals surface area contributed by atoms with Gasteiger partial charge in [-0.25, -0.2) is 0 Å². The van der Waals surface area contributed by atoms with Crippen LogP contribution < -0.4 is 5.32 Å². The molecule has 0 aromatic heterocycles. The number of rotatable bonds is 3. The second kappa shape index (κ2) is 6.92. The van der Waals surface area contributed by atoms with E-state index in [1.54, 1.807) is 0 Å². The van der Waals surface area contributed by atoms with Crippen molar-refractivity contribution in [3.8, 4) is 0 Å². The quantitative estimate of drug-likeness (QED) is 0.827. The van der Waals surface area contributed by atoms with Crippen LogP contribution in [-0.2, 0) is 6.54 Å². The van der Waals surface area contributed by atoms with E-state index in [9.17, 15) is 0 Å². The van der Waals surface area contributed by atoms with Crippen molar-refractivity contribution < 1.29 is 0 Å². The molecule has 2 aromatic rings. The van der Waals surface area contributed by atoms with Gasteiger partial charge in [-0.15, -0.1) is 24.0 Å². The molecule has 0 unspecified atom stereocenters. The third kappa shape index (κ3) is 3.23. The molecule has 0 bridgehead atoms. The molecule has 0 fully saturated rings. The summed E-state index contributed by atoms with van der Waals surface area (Å²) < 4.78 is 0. The first-order chi connectivity index (χ1) is 9.36. The predicted octanol–water partition coefficient (Wildman–Crippen LogP) is 3.24. The van der Waals surface area contributed by atoms with Crippen molar-refractivity contribution in [1.29, 1.82) is 0 Å². The molecular formula is C16H20IN3. The maximum Gasteiger partial charge on any atom is 0.194 e. The minimum absolute atomic E-state index is 0. The first-order valence-electron chi connectivity index (χ1n) is 6.88. The lowest BCUT2D eigenvalue weighted by Gasteiger charge is -2.19. The van der Waals surface area contributed by atoms with Crippen LogP contribution in [0, 0.1) is 0 Å². The second-order valence-corrected chi connectivity index (χ2v) is 4.82. The van der Waals surface area contributed by atoms with E-state index in [4.69, 9.17) is 0 Å². The van der Waals surface area contributed by atoms with Gasteiger partial charge in [-0.3, -0.25) is 4.99 Å². The summed E-state index contributed by atoms with van der Waals surface area (Å²) in [6.45, 7) is 5.96. The number of hydrogen-bond acceptors (Lipinski definition) is 3. The van der Waals surface area contributed by atoms with Gasteiger partial charge < -0.3 is 10.2 Å². The van der Waals surface area contributed by atoms with E-state index in [0.717, 1.165) is 32.1 Å². The average molecular weight is 381 g/mol. The molecule has 0 saturated heterocycles. The zero-order valence-corrected chi connectivity index (χ0v) is 14.0. The summed E-state index contributed by atoms with van der Waals surface area (Å²) >= 11 is 0. The fourth-order valence-electron chi connectivity index (χ4n) is 2.49. The zero-order chi connectivity index (χ0) is 13.1. The Morgan fingerprint density at radius 1 is 1.15 bits per heavy atom. The van der Waals surface area contributed by atoms with Gasteiger partial charge in [0.05, 0.1) is 6.54 Å². The number of fused-ring (bicyclic) bond motifs is 1. The highest BCUT2D eigenvalue weighted by Crippen LogP contribution is 2.15. The maximum absolute atomic E-state index is 4.50. The van der Waals surface area contributed by atoms with Gasteiger partial charge in [0, 0.05) is 19.6 Å². The van der Waals surface area contributed by atoms with E-state index in [1.807, 2.05) is 0 Å². The monoisotopic (exact) mass is 381 g/mol. The SMILES string of the molecule is CCN1CCN=C1NCc1ccc2ccccc2c1.I. The first-order valence-corrected chi connectivity index (χ1v) is 6.88. The molecular weight excluding hydrogens is 361 g/mol. The van der Waals surface area contributed by atoms with E-state index in [2.05, 4.69) is 64.6 Å². The standard InChI is InChI=1S/C16H19N3.HI/c1-2-19-10-9-17-16(19)18-12-13-7-8-14-5-3-4-6-15(14)11-13;/h3-8,11H,2,9-10,12H2,1H3,(H,17,18);1H. The number of nitrogens with one attached hydrogen (secondary N) is 1. The van der Waals surface area contributed by atoms with Gasteiger partial charge in [-0.2, -0.15) is 0 Å². The van der Waals surface area contributed by atoms with Crippen LogP contribution in [0.15, 0.2) is 47.5 Å². The van der Waals surface area contributed by atoms with Crippen LogP contribution in [0.2, 0.25) is 0 Å². The van der Waals surface area contributed by atoms with Crippen LogP contribution in [0.5, 0.6) is 0 Å². The number of nitrogens with zero attached hydrogens (tertiary/aromatic N) is 2. The van der Waals surface area contributed by atoms with E-state index in [1.165, 1.54) is 16.3 Å². The van der Waals surface area contributed by atoms with E-state index < -0.39 is 0 Å². The number of likely N-dealkylation sites (N-methyl/N-ethyl adjacent to an activating group) is 1. The van der Waals surface area contributed by atoms with Gasteiger partial charge >= 0.3 is 0 Å². The van der Waals surface area contributed by atoms with Crippen molar-refractivity contribution in [3.63, 3.8) is 0 Å². The lowest BCUT2D eigenvalue weighted by atomic mass is 10.1. The lowest BCUT2D eigenvalue weighted by molar-refractivity contribution is 0.466. The molecule has 1 heterocycles. The maximum atomic E-state index is 4.50. The molecule has 20 heavy (non-hydrogen) atoms. The fourth-order valence-corrected chi connectivity index (χ4v) is 2.49. The molecule has 1 aliphatic rings. The van der Waals surface area contributed by atoms with E-state index in [0.29, 0.717) is 0 Å². The number of benzene rings is 2. The van der Waals surface area contributed by atoms with Crippen LogP contribution in [-0.4, -0.2) is 30.5 Å². The Labute approximate surface area is 137 Å². The molecule has 1 aliphatic heterocycles. The van der Waals surface area contributed by atoms with Crippen LogP contribution in [0.3, 0.4) is 0 Å². The largest absolute Gasteiger partial charge is 0.352 e. The summed E-state index contributed by atoms with van der Waals surface area (Å²) in [7, 11) is 0. The third-order valence-electron chi connectivity index (χ3n) is 3.58. The molecule has 4 heteroatoms. The van der Waals surface area contributed by atoms with Crippen molar-refractivity contribution >= 4 is 40.7 Å². The molecule has 3 nitrogen and oxygen atoms in total. The average Bonchev–Trinajstić information content (AvgIpc) is 2.92. The number of halogens is 1. The third-order valence-corrected chi connectivity index (χ3v) is 3.58. The Bertz CT molecular complexity index is 609. The Kier molecular flexibility index (Phi) is 5.23. The van der Waals surface area contributed by atoms with Crippen LogP contribution in [0.4, 0.5) is 0 Å². The summed E-state index contributed by atoms with van der Waals surface area (Å²) in [6, 6.07) is 15.1. The van der Waals surface area contributed by atoms with Crippen molar-refractivity contribution in [2.24, 2.45) is 4.99 Å². The Hall–Kier alpha value is -1.30. The topological polar surface area (TPSA) is 27.6 Å². The summed E-state index contributed by atoms with van der Waals surface area (Å²) in [5.74, 6) is 1.04. The summed E-state index contributed by atoms with van der Waals surface area (Å²) in [6.07, 6.45) is 0. The zero-order valence-electron chi connectivity index (χ0n) is 11.7. The van der Waals surface area contributed by atoms with Crippen molar-refractivity contribution in [1.82, 2.24) is 10.2 Å². The molecule has 106 valence electrons. The van der Waals surface area contributed by atoms with Crippen molar-refractivity contribution in [2.75, 3.05) is 19.6 Å². The van der Waals surface area contributed by atoms with Gasteiger partial charge in [0.15, 0.2) is 5.96 Å². The summed E-state index contributed by atoms with van der Waals surface area (Å²) in [5, 5.41) is 6.02. The highest BCUT2D eigenvalue weighted by molar-refractivity contribution is 14.0. The summed E-state index contributed by atoms with van der Waals surface area (Å²) in [4.78, 5) is 6.78. The van der Waals surface area contributed by atoms with Crippen LogP contribution >= 0.6 is 24.0 Å². The van der Waals surface area contributed by atoms with Crippen LogP contribution in [0.25, 0.3) is 10.8 Å². The molecule has 0 spiro atoms. The smallest absolute Gasteiger partial charge is 0.194 e. The highest BCUT2D eigenvalue weighted by Gasteiger charge is 2.13. The molecule has 0 amide bonds. The number of hydrogen-bond donors (Lipinski definition) is 1. The molecule has 0 saturated carbocycles. The number of guanidine groups is 1. The van der Waals surface area contributed by atoms with Gasteiger partial charge in [0.25, 0.3) is 0 Å². The Balaban J connectivity index is 0.00000147. The van der Waals surface area contributed by atoms with Gasteiger partial charge in [0.2, 0.25) is 0 Å². The van der Waals surface area contributed by atoms with Gasteiger partial charge in [-0.1, -0.05) is 36.4 Å². The second-order valence-electron chi connectivity index (χ2n) is 4.82. The van der Waals surface area contributed by atoms with Crippen LogP contribution in [0.1, 0.15) is 12.5 Å². The molecule has 0 aliphatic carbocycles.